The van der Waals surface area contributed by atoms with Gasteiger partial charge in [-0.3, -0.25) is 19.5 Å². The number of para-hydroxylation sites is 1. The summed E-state index contributed by atoms with van der Waals surface area (Å²) in [5.41, 5.74) is 3.25. The number of ketones is 1. The van der Waals surface area contributed by atoms with Gasteiger partial charge in [0.1, 0.15) is 0 Å². The van der Waals surface area contributed by atoms with Crippen molar-refractivity contribution in [3.8, 4) is 17.1 Å². The molecule has 0 saturated heterocycles. The Balaban J connectivity index is 1.65. The largest absolute Gasteiger partial charge is 0.293 e. The van der Waals surface area contributed by atoms with E-state index in [9.17, 15) is 14.9 Å². The molecule has 0 radical (unpaired) electrons. The van der Waals surface area contributed by atoms with Crippen LogP contribution in [0.15, 0.2) is 84.0 Å². The third kappa shape index (κ3) is 5.07. The zero-order chi connectivity index (χ0) is 24.3. The van der Waals surface area contributed by atoms with Gasteiger partial charge in [0.15, 0.2) is 16.8 Å². The number of nitro benzene ring substituents is 1. The average molecular weight is 473 g/mol. The molecule has 0 aliphatic carbocycles. The minimum atomic E-state index is -0.507. The molecule has 0 atom stereocenters. The highest BCUT2D eigenvalue weighted by molar-refractivity contribution is 7.99. The number of rotatable bonds is 7. The van der Waals surface area contributed by atoms with Crippen LogP contribution in [0.5, 0.6) is 0 Å². The lowest BCUT2D eigenvalue weighted by Crippen LogP contribution is -2.10. The average Bonchev–Trinajstić information content (AvgIpc) is 3.26. The SMILES string of the molecule is CC(C)(C)c1ccc(-c2nnc(SCC(=O)c3cccc([N+](=O)[O-])c3)n2-c2ccccc2)cc1. The van der Waals surface area contributed by atoms with Crippen LogP contribution in [0.3, 0.4) is 0 Å². The number of thioether (sulfide) groups is 1. The summed E-state index contributed by atoms with van der Waals surface area (Å²) in [7, 11) is 0. The van der Waals surface area contributed by atoms with Gasteiger partial charge in [-0.15, -0.1) is 10.2 Å². The number of hydrogen-bond acceptors (Lipinski definition) is 6. The van der Waals surface area contributed by atoms with E-state index < -0.39 is 4.92 Å². The van der Waals surface area contributed by atoms with Crippen molar-refractivity contribution in [1.29, 1.82) is 0 Å². The van der Waals surface area contributed by atoms with Crippen molar-refractivity contribution in [2.75, 3.05) is 5.75 Å². The molecule has 0 bridgehead atoms. The second-order valence-electron chi connectivity index (χ2n) is 8.82. The highest BCUT2D eigenvalue weighted by Gasteiger charge is 2.20. The van der Waals surface area contributed by atoms with Crippen molar-refractivity contribution in [3.63, 3.8) is 0 Å². The molecule has 1 heterocycles. The lowest BCUT2D eigenvalue weighted by atomic mass is 9.87. The van der Waals surface area contributed by atoms with Gasteiger partial charge in [0, 0.05) is 28.9 Å². The van der Waals surface area contributed by atoms with Gasteiger partial charge in [-0.1, -0.05) is 87.1 Å². The van der Waals surface area contributed by atoms with Gasteiger partial charge in [-0.25, -0.2) is 0 Å². The highest BCUT2D eigenvalue weighted by Crippen LogP contribution is 2.30. The molecule has 0 amide bonds. The lowest BCUT2D eigenvalue weighted by molar-refractivity contribution is -0.384. The summed E-state index contributed by atoms with van der Waals surface area (Å²) in [4.78, 5) is 23.3. The van der Waals surface area contributed by atoms with Gasteiger partial charge in [-0.05, 0) is 23.1 Å². The Morgan fingerprint density at radius 1 is 0.971 bits per heavy atom. The fraction of sp³-hybridized carbons (Fsp3) is 0.192. The normalized spacial score (nSPS) is 11.4. The molecule has 7 nitrogen and oxygen atoms in total. The van der Waals surface area contributed by atoms with E-state index in [4.69, 9.17) is 0 Å². The number of nitrogens with zero attached hydrogens (tertiary/aromatic N) is 4. The number of aromatic nitrogens is 3. The van der Waals surface area contributed by atoms with Gasteiger partial charge >= 0.3 is 0 Å². The molecule has 0 N–H and O–H groups in total. The molecule has 0 unspecified atom stereocenters. The molecule has 0 fully saturated rings. The van der Waals surface area contributed by atoms with Gasteiger partial charge in [-0.2, -0.15) is 0 Å². The molecule has 3 aromatic carbocycles. The zero-order valence-electron chi connectivity index (χ0n) is 19.1. The maximum absolute atomic E-state index is 12.7. The van der Waals surface area contributed by atoms with Gasteiger partial charge in [0.25, 0.3) is 5.69 Å². The molecule has 0 aliphatic heterocycles. The monoisotopic (exact) mass is 472 g/mol. The van der Waals surface area contributed by atoms with Crippen molar-refractivity contribution in [3.05, 3.63) is 100 Å². The number of benzene rings is 3. The summed E-state index contributed by atoms with van der Waals surface area (Å²) in [6.45, 7) is 6.50. The molecular formula is C26H24N4O3S. The van der Waals surface area contributed by atoms with Crippen molar-refractivity contribution in [1.82, 2.24) is 14.8 Å². The first-order valence-electron chi connectivity index (χ1n) is 10.8. The number of Topliss-reactive ketones (excluding diaryl/α,β-unsaturated/α-hetero) is 1. The molecular weight excluding hydrogens is 448 g/mol. The summed E-state index contributed by atoms with van der Waals surface area (Å²) in [6, 6.07) is 23.8. The Bertz CT molecular complexity index is 1330. The number of carbonyl (C=O) groups excluding carboxylic acids is 1. The second-order valence-corrected chi connectivity index (χ2v) is 9.77. The Morgan fingerprint density at radius 3 is 2.32 bits per heavy atom. The quantitative estimate of drug-likeness (QED) is 0.139. The summed E-state index contributed by atoms with van der Waals surface area (Å²) in [5.74, 6) is 0.541. The molecule has 1 aromatic heterocycles. The van der Waals surface area contributed by atoms with Crippen LogP contribution in [0, 0.1) is 10.1 Å². The predicted octanol–water partition coefficient (Wildman–Crippen LogP) is 6.12. The van der Waals surface area contributed by atoms with Crippen molar-refractivity contribution in [2.45, 2.75) is 31.3 Å². The number of nitro groups is 1. The van der Waals surface area contributed by atoms with E-state index in [1.807, 2.05) is 47.0 Å². The van der Waals surface area contributed by atoms with Crippen LogP contribution in [0.1, 0.15) is 36.7 Å². The molecule has 0 aliphatic rings. The Labute approximate surface area is 202 Å². The molecule has 4 aromatic rings. The van der Waals surface area contributed by atoms with E-state index in [0.717, 1.165) is 11.3 Å². The third-order valence-electron chi connectivity index (χ3n) is 5.37. The maximum Gasteiger partial charge on any atom is 0.270 e. The molecule has 34 heavy (non-hydrogen) atoms. The topological polar surface area (TPSA) is 90.9 Å². The highest BCUT2D eigenvalue weighted by atomic mass is 32.2. The van der Waals surface area contributed by atoms with Crippen LogP contribution < -0.4 is 0 Å². The van der Waals surface area contributed by atoms with Crippen LogP contribution in [0.4, 0.5) is 5.69 Å². The summed E-state index contributed by atoms with van der Waals surface area (Å²) >= 11 is 1.25. The van der Waals surface area contributed by atoms with Crippen LogP contribution in [0.25, 0.3) is 17.1 Å². The Hall–Kier alpha value is -3.78. The first-order chi connectivity index (χ1) is 16.2. The fourth-order valence-corrected chi connectivity index (χ4v) is 4.33. The van der Waals surface area contributed by atoms with E-state index in [-0.39, 0.29) is 22.6 Å². The number of non-ortho nitro benzene ring substituents is 1. The molecule has 0 saturated carbocycles. The number of hydrogen-bond donors (Lipinski definition) is 0. The summed E-state index contributed by atoms with van der Waals surface area (Å²) in [5, 5.41) is 20.4. The van der Waals surface area contributed by atoms with Gasteiger partial charge < -0.3 is 0 Å². The van der Waals surface area contributed by atoms with Gasteiger partial charge in [0.2, 0.25) is 0 Å². The molecule has 4 rings (SSSR count). The summed E-state index contributed by atoms with van der Waals surface area (Å²) < 4.78 is 1.93. The first kappa shape index (κ1) is 23.4. The smallest absolute Gasteiger partial charge is 0.270 e. The minimum Gasteiger partial charge on any atom is -0.293 e. The van der Waals surface area contributed by atoms with E-state index in [1.54, 1.807) is 6.07 Å². The second kappa shape index (κ2) is 9.61. The standard InChI is InChI=1S/C26H24N4O3S/c1-26(2,3)20-14-12-18(13-15-20)24-27-28-25(29(24)21-9-5-4-6-10-21)34-17-23(31)19-8-7-11-22(16-19)30(32)33/h4-16H,17H2,1-3H3. The third-order valence-corrected chi connectivity index (χ3v) is 6.30. The fourth-order valence-electron chi connectivity index (χ4n) is 3.49. The summed E-state index contributed by atoms with van der Waals surface area (Å²) in [6.07, 6.45) is 0. The van der Waals surface area contributed by atoms with E-state index in [1.165, 1.54) is 35.5 Å². The lowest BCUT2D eigenvalue weighted by Gasteiger charge is -2.19. The van der Waals surface area contributed by atoms with Gasteiger partial charge in [0.05, 0.1) is 10.7 Å². The van der Waals surface area contributed by atoms with Crippen molar-refractivity contribution < 1.29 is 9.72 Å². The van der Waals surface area contributed by atoms with Crippen LogP contribution in [-0.4, -0.2) is 31.2 Å². The molecule has 0 spiro atoms. The molecule has 8 heteroatoms. The predicted molar refractivity (Wildman–Crippen MR) is 134 cm³/mol. The van der Waals surface area contributed by atoms with Crippen LogP contribution in [-0.2, 0) is 5.41 Å². The van der Waals surface area contributed by atoms with Crippen LogP contribution in [0.2, 0.25) is 0 Å². The molecule has 172 valence electrons. The first-order valence-corrected chi connectivity index (χ1v) is 11.7. The van der Waals surface area contributed by atoms with E-state index in [0.29, 0.717) is 16.5 Å². The van der Waals surface area contributed by atoms with Crippen molar-refractivity contribution >= 4 is 23.2 Å². The number of carbonyl (C=O) groups is 1. The minimum absolute atomic E-state index is 0.0412. The Morgan fingerprint density at radius 2 is 1.68 bits per heavy atom. The van der Waals surface area contributed by atoms with E-state index >= 15 is 0 Å². The van der Waals surface area contributed by atoms with Crippen LogP contribution >= 0.6 is 11.8 Å². The Kier molecular flexibility index (Phi) is 6.61. The zero-order valence-corrected chi connectivity index (χ0v) is 20.0. The van der Waals surface area contributed by atoms with Crippen molar-refractivity contribution in [2.24, 2.45) is 0 Å². The van der Waals surface area contributed by atoms with E-state index in [2.05, 4.69) is 43.1 Å². The maximum atomic E-state index is 12.7.